The van der Waals surface area contributed by atoms with Gasteiger partial charge in [-0.15, -0.1) is 0 Å². The molecule has 1 heterocycles. The molecule has 0 saturated heterocycles. The lowest BCUT2D eigenvalue weighted by atomic mass is 10.1. The summed E-state index contributed by atoms with van der Waals surface area (Å²) in [6, 6.07) is 21.9. The fourth-order valence-electron chi connectivity index (χ4n) is 3.37. The standard InChI is InChI=1S/C26H24FN5O3/c27-22-10-6-20(7-11-22)21-8-12-23(13-9-21)30-26(34)24(16-35-15-19-4-2-1-3-5-19)31-25(33)14-32-18-28-17-29-32/h1-13,17-18,24H,14-16H2,(H,30,34)(H,31,33)/t24-/m0/s1. The van der Waals surface area contributed by atoms with Crippen molar-refractivity contribution in [3.8, 4) is 11.1 Å². The van der Waals surface area contributed by atoms with Gasteiger partial charge in [0.05, 0.1) is 13.2 Å². The zero-order chi connectivity index (χ0) is 24.5. The Morgan fingerprint density at radius 2 is 1.63 bits per heavy atom. The molecule has 0 spiro atoms. The van der Waals surface area contributed by atoms with Gasteiger partial charge in [0.1, 0.15) is 31.1 Å². The topological polar surface area (TPSA) is 98.1 Å². The minimum Gasteiger partial charge on any atom is -0.374 e. The maximum atomic E-state index is 13.2. The Balaban J connectivity index is 1.39. The van der Waals surface area contributed by atoms with Crippen molar-refractivity contribution in [1.82, 2.24) is 20.1 Å². The summed E-state index contributed by atoms with van der Waals surface area (Å²) in [5.41, 5.74) is 3.25. The highest BCUT2D eigenvalue weighted by atomic mass is 19.1. The van der Waals surface area contributed by atoms with Crippen molar-refractivity contribution in [1.29, 1.82) is 0 Å². The third-order valence-corrected chi connectivity index (χ3v) is 5.15. The molecule has 0 unspecified atom stereocenters. The maximum absolute atomic E-state index is 13.2. The number of hydrogen-bond donors (Lipinski definition) is 2. The summed E-state index contributed by atoms with van der Waals surface area (Å²) in [6.07, 6.45) is 2.75. The van der Waals surface area contributed by atoms with Gasteiger partial charge in [-0.2, -0.15) is 5.10 Å². The van der Waals surface area contributed by atoms with Crippen molar-refractivity contribution < 1.29 is 18.7 Å². The first-order chi connectivity index (χ1) is 17.1. The number of hydrogen-bond acceptors (Lipinski definition) is 5. The van der Waals surface area contributed by atoms with E-state index < -0.39 is 17.9 Å². The Hall–Kier alpha value is -4.37. The Kier molecular flexibility index (Phi) is 7.92. The lowest BCUT2D eigenvalue weighted by Gasteiger charge is -2.19. The largest absolute Gasteiger partial charge is 0.374 e. The van der Waals surface area contributed by atoms with E-state index in [-0.39, 0.29) is 19.0 Å². The molecule has 178 valence electrons. The quantitative estimate of drug-likeness (QED) is 0.368. The van der Waals surface area contributed by atoms with Crippen molar-refractivity contribution in [2.75, 3.05) is 11.9 Å². The van der Waals surface area contributed by atoms with E-state index in [0.29, 0.717) is 12.3 Å². The molecule has 0 aliphatic carbocycles. The van der Waals surface area contributed by atoms with Gasteiger partial charge in [-0.1, -0.05) is 54.6 Å². The third kappa shape index (κ3) is 7.05. The smallest absolute Gasteiger partial charge is 0.249 e. The zero-order valence-electron chi connectivity index (χ0n) is 18.8. The summed E-state index contributed by atoms with van der Waals surface area (Å²) in [4.78, 5) is 29.3. The van der Waals surface area contributed by atoms with Crippen LogP contribution in [0.1, 0.15) is 5.56 Å². The van der Waals surface area contributed by atoms with Gasteiger partial charge in [0, 0.05) is 5.69 Å². The molecule has 4 aromatic rings. The first-order valence-electron chi connectivity index (χ1n) is 11.0. The van der Waals surface area contributed by atoms with Crippen LogP contribution in [0.5, 0.6) is 0 Å². The van der Waals surface area contributed by atoms with Crippen LogP contribution in [-0.4, -0.2) is 39.2 Å². The number of benzene rings is 3. The summed E-state index contributed by atoms with van der Waals surface area (Å²) in [5.74, 6) is -1.12. The van der Waals surface area contributed by atoms with Crippen LogP contribution in [0.15, 0.2) is 91.5 Å². The molecule has 0 bridgehead atoms. The molecular formula is C26H24FN5O3. The number of ether oxygens (including phenoxy) is 1. The van der Waals surface area contributed by atoms with Crippen LogP contribution in [0.3, 0.4) is 0 Å². The highest BCUT2D eigenvalue weighted by Crippen LogP contribution is 2.21. The number of carbonyl (C=O) groups excluding carboxylic acids is 2. The lowest BCUT2D eigenvalue weighted by molar-refractivity contribution is -0.128. The second-order valence-corrected chi connectivity index (χ2v) is 7.79. The van der Waals surface area contributed by atoms with Gasteiger partial charge in [0.25, 0.3) is 0 Å². The Morgan fingerprint density at radius 1 is 0.943 bits per heavy atom. The summed E-state index contributed by atoms with van der Waals surface area (Å²) < 4.78 is 20.3. The van der Waals surface area contributed by atoms with Crippen LogP contribution < -0.4 is 10.6 Å². The van der Waals surface area contributed by atoms with E-state index in [1.807, 2.05) is 42.5 Å². The first-order valence-corrected chi connectivity index (χ1v) is 11.0. The van der Waals surface area contributed by atoms with Crippen LogP contribution in [0.4, 0.5) is 10.1 Å². The van der Waals surface area contributed by atoms with E-state index in [4.69, 9.17) is 4.74 Å². The number of rotatable bonds is 10. The van der Waals surface area contributed by atoms with Crippen molar-refractivity contribution in [2.45, 2.75) is 19.2 Å². The molecule has 9 heteroatoms. The normalized spacial score (nSPS) is 11.6. The summed E-state index contributed by atoms with van der Waals surface area (Å²) >= 11 is 0. The van der Waals surface area contributed by atoms with Crippen LogP contribution in [0.2, 0.25) is 0 Å². The number of amides is 2. The van der Waals surface area contributed by atoms with E-state index in [9.17, 15) is 14.0 Å². The summed E-state index contributed by atoms with van der Waals surface area (Å²) in [7, 11) is 0. The summed E-state index contributed by atoms with van der Waals surface area (Å²) in [5, 5.41) is 9.43. The molecule has 4 rings (SSSR count). The average molecular weight is 474 g/mol. The number of halogens is 1. The minimum atomic E-state index is -0.925. The van der Waals surface area contributed by atoms with Crippen molar-refractivity contribution >= 4 is 17.5 Å². The number of nitrogens with zero attached hydrogens (tertiary/aromatic N) is 3. The molecule has 1 aromatic heterocycles. The van der Waals surface area contributed by atoms with Gasteiger partial charge in [-0.3, -0.25) is 9.59 Å². The van der Waals surface area contributed by atoms with E-state index in [0.717, 1.165) is 16.7 Å². The van der Waals surface area contributed by atoms with Gasteiger partial charge in [0.15, 0.2) is 0 Å². The van der Waals surface area contributed by atoms with Crippen molar-refractivity contribution in [2.24, 2.45) is 0 Å². The van der Waals surface area contributed by atoms with Gasteiger partial charge < -0.3 is 15.4 Å². The number of carbonyl (C=O) groups is 2. The van der Waals surface area contributed by atoms with Crippen molar-refractivity contribution in [3.05, 3.63) is 103 Å². The molecule has 2 N–H and O–H groups in total. The fourth-order valence-corrected chi connectivity index (χ4v) is 3.37. The SMILES string of the molecule is O=C(Cn1cncn1)N[C@@H](COCc1ccccc1)C(=O)Nc1ccc(-c2ccc(F)cc2)cc1. The highest BCUT2D eigenvalue weighted by molar-refractivity contribution is 5.97. The molecule has 8 nitrogen and oxygen atoms in total. The van der Waals surface area contributed by atoms with E-state index >= 15 is 0 Å². The van der Waals surface area contributed by atoms with Gasteiger partial charge >= 0.3 is 0 Å². The summed E-state index contributed by atoms with van der Waals surface area (Å²) in [6.45, 7) is 0.211. The lowest BCUT2D eigenvalue weighted by Crippen LogP contribution is -2.47. The predicted octanol–water partition coefficient (Wildman–Crippen LogP) is 3.42. The molecule has 1 atom stereocenters. The monoisotopic (exact) mass is 473 g/mol. The number of nitrogens with one attached hydrogen (secondary N) is 2. The highest BCUT2D eigenvalue weighted by Gasteiger charge is 2.22. The predicted molar refractivity (Wildman–Crippen MR) is 129 cm³/mol. The van der Waals surface area contributed by atoms with Gasteiger partial charge in [-0.05, 0) is 41.0 Å². The second-order valence-electron chi connectivity index (χ2n) is 7.79. The molecule has 35 heavy (non-hydrogen) atoms. The van der Waals surface area contributed by atoms with Crippen LogP contribution >= 0.6 is 0 Å². The molecule has 0 aliphatic heterocycles. The number of anilines is 1. The average Bonchev–Trinajstić information content (AvgIpc) is 3.38. The molecule has 0 radical (unpaired) electrons. The fraction of sp³-hybridized carbons (Fsp3) is 0.154. The minimum absolute atomic E-state index is 0.0164. The van der Waals surface area contributed by atoms with Crippen LogP contribution in [-0.2, 0) is 27.5 Å². The number of aromatic nitrogens is 3. The Labute approximate surface area is 201 Å². The molecule has 0 saturated carbocycles. The molecular weight excluding hydrogens is 449 g/mol. The first kappa shape index (κ1) is 23.8. The Morgan fingerprint density at radius 3 is 2.29 bits per heavy atom. The molecule has 0 fully saturated rings. The molecule has 2 amide bonds. The Bertz CT molecular complexity index is 1230. The van der Waals surface area contributed by atoms with Gasteiger partial charge in [0.2, 0.25) is 11.8 Å². The zero-order valence-corrected chi connectivity index (χ0v) is 18.8. The second kappa shape index (κ2) is 11.7. The van der Waals surface area contributed by atoms with E-state index in [1.165, 1.54) is 29.5 Å². The van der Waals surface area contributed by atoms with Crippen molar-refractivity contribution in [3.63, 3.8) is 0 Å². The van der Waals surface area contributed by atoms with Crippen LogP contribution in [0.25, 0.3) is 11.1 Å². The van der Waals surface area contributed by atoms with Gasteiger partial charge in [-0.25, -0.2) is 14.1 Å². The van der Waals surface area contributed by atoms with E-state index in [2.05, 4.69) is 20.7 Å². The molecule has 3 aromatic carbocycles. The van der Waals surface area contributed by atoms with E-state index in [1.54, 1.807) is 24.3 Å². The third-order valence-electron chi connectivity index (χ3n) is 5.15. The maximum Gasteiger partial charge on any atom is 0.249 e. The van der Waals surface area contributed by atoms with Crippen LogP contribution in [0, 0.1) is 5.82 Å². The molecule has 0 aliphatic rings.